The van der Waals surface area contributed by atoms with Gasteiger partial charge in [-0.25, -0.2) is 4.98 Å². The molecule has 32 heavy (non-hydrogen) atoms. The molecule has 0 unspecified atom stereocenters. The number of pyridine rings is 2. The molecule has 2 N–H and O–H groups in total. The van der Waals surface area contributed by atoms with Crippen LogP contribution in [0.5, 0.6) is 5.75 Å². The van der Waals surface area contributed by atoms with Gasteiger partial charge in [-0.2, -0.15) is 8.42 Å². The Labute approximate surface area is 191 Å². The van der Waals surface area contributed by atoms with Crippen LogP contribution in [0.25, 0.3) is 11.0 Å². The molecule has 1 aliphatic rings. The zero-order chi connectivity index (χ0) is 22.5. The number of amidine groups is 1. The van der Waals surface area contributed by atoms with Crippen LogP contribution in [0.3, 0.4) is 0 Å². The third-order valence-electron chi connectivity index (χ3n) is 5.12. The van der Waals surface area contributed by atoms with Crippen LogP contribution in [0.1, 0.15) is 11.1 Å². The van der Waals surface area contributed by atoms with Crippen LogP contribution in [0.15, 0.2) is 85.4 Å². The quantitative estimate of drug-likeness (QED) is 0.436. The number of fused-ring (bicyclic) bond motifs is 2. The number of nitrogens with one attached hydrogen (secondary N) is 1. The minimum Gasteiger partial charge on any atom is -0.506 e. The van der Waals surface area contributed by atoms with E-state index >= 15 is 0 Å². The molecule has 0 atom stereocenters. The number of para-hydroxylation sites is 1. The van der Waals surface area contributed by atoms with Crippen LogP contribution in [0.2, 0.25) is 0 Å². The minimum absolute atomic E-state index is 0.0258. The summed E-state index contributed by atoms with van der Waals surface area (Å²) in [6.45, 7) is 0.181. The number of aromatic nitrogens is 2. The molecule has 8 nitrogen and oxygen atoms in total. The molecule has 0 amide bonds. The Morgan fingerprint density at radius 1 is 1.03 bits per heavy atom. The van der Waals surface area contributed by atoms with Crippen molar-refractivity contribution in [3.05, 3.63) is 92.8 Å². The Morgan fingerprint density at radius 2 is 1.81 bits per heavy atom. The molecule has 2 aromatic heterocycles. The lowest BCUT2D eigenvalue weighted by Crippen LogP contribution is -2.33. The van der Waals surface area contributed by atoms with Crippen molar-refractivity contribution in [1.29, 1.82) is 0 Å². The fraction of sp³-hybridized carbons (Fsp3) is 0.0455. The summed E-state index contributed by atoms with van der Waals surface area (Å²) >= 11 is 3.33. The van der Waals surface area contributed by atoms with Gasteiger partial charge in [0.1, 0.15) is 21.9 Å². The number of hydrogen-bond donors (Lipinski definition) is 2. The van der Waals surface area contributed by atoms with Gasteiger partial charge in [0, 0.05) is 10.7 Å². The van der Waals surface area contributed by atoms with E-state index in [4.69, 9.17) is 0 Å². The van der Waals surface area contributed by atoms with Crippen molar-refractivity contribution in [2.45, 2.75) is 11.4 Å². The summed E-state index contributed by atoms with van der Waals surface area (Å²) in [5.74, 6) is -0.640. The van der Waals surface area contributed by atoms with Gasteiger partial charge in [0.2, 0.25) is 0 Å². The highest BCUT2D eigenvalue weighted by molar-refractivity contribution is 9.10. The number of nitrogens with zero attached hydrogens (tertiary/aromatic N) is 3. The number of rotatable bonds is 3. The summed E-state index contributed by atoms with van der Waals surface area (Å²) < 4.78 is 31.3. The summed E-state index contributed by atoms with van der Waals surface area (Å²) in [7, 11) is -4.10. The highest BCUT2D eigenvalue weighted by Crippen LogP contribution is 2.36. The van der Waals surface area contributed by atoms with Gasteiger partial charge < -0.3 is 10.4 Å². The molecule has 0 saturated heterocycles. The van der Waals surface area contributed by atoms with Gasteiger partial charge in [0.15, 0.2) is 5.84 Å². The maximum atomic E-state index is 13.6. The van der Waals surface area contributed by atoms with Gasteiger partial charge in [-0.15, -0.1) is 4.40 Å². The molecule has 0 aliphatic carbocycles. The van der Waals surface area contributed by atoms with Crippen molar-refractivity contribution in [2.75, 3.05) is 5.32 Å². The van der Waals surface area contributed by atoms with E-state index in [1.54, 1.807) is 24.3 Å². The standard InChI is InChI=1S/C22H15BrN4O4S/c23-15-9-4-10-16-18(15)25-20(26-32(16,30)31)17-19(28)14-8-5-11-24-21(14)27(22(17)29)12-13-6-2-1-3-7-13/h1-11,28H,12H2,(H,25,26). The van der Waals surface area contributed by atoms with E-state index in [0.717, 1.165) is 5.56 Å². The topological polar surface area (TPSA) is 114 Å². The third kappa shape index (κ3) is 3.28. The Hall–Kier alpha value is -3.50. The largest absolute Gasteiger partial charge is 0.506 e. The summed E-state index contributed by atoms with van der Waals surface area (Å²) in [5, 5.41) is 14.2. The lowest BCUT2D eigenvalue weighted by atomic mass is 10.1. The lowest BCUT2D eigenvalue weighted by Gasteiger charge is -2.21. The zero-order valence-electron chi connectivity index (χ0n) is 16.4. The van der Waals surface area contributed by atoms with Crippen LogP contribution >= 0.6 is 15.9 Å². The molecule has 160 valence electrons. The third-order valence-corrected chi connectivity index (χ3v) is 7.10. The average Bonchev–Trinajstić information content (AvgIpc) is 2.78. The SMILES string of the molecule is O=c1c(C2=NS(=O)(=O)c3cccc(Br)c3N2)c(O)c2cccnc2n1Cc1ccccc1. The van der Waals surface area contributed by atoms with Gasteiger partial charge in [-0.3, -0.25) is 9.36 Å². The van der Waals surface area contributed by atoms with E-state index < -0.39 is 15.6 Å². The normalized spacial score (nSPS) is 14.5. The number of hydrogen-bond acceptors (Lipinski definition) is 6. The second-order valence-electron chi connectivity index (χ2n) is 7.13. The molecular weight excluding hydrogens is 496 g/mol. The van der Waals surface area contributed by atoms with Crippen molar-refractivity contribution >= 4 is 48.5 Å². The van der Waals surface area contributed by atoms with Gasteiger partial charge in [0.05, 0.1) is 17.6 Å². The Bertz CT molecular complexity index is 1580. The first-order chi connectivity index (χ1) is 15.4. The van der Waals surface area contributed by atoms with E-state index in [2.05, 4.69) is 30.6 Å². The van der Waals surface area contributed by atoms with E-state index in [0.29, 0.717) is 9.86 Å². The van der Waals surface area contributed by atoms with Gasteiger partial charge in [-0.1, -0.05) is 36.4 Å². The minimum atomic E-state index is -4.10. The van der Waals surface area contributed by atoms with E-state index in [9.17, 15) is 18.3 Å². The summed E-state index contributed by atoms with van der Waals surface area (Å²) in [6.07, 6.45) is 1.52. The highest BCUT2D eigenvalue weighted by Gasteiger charge is 2.31. The molecule has 4 aromatic rings. The predicted molar refractivity (Wildman–Crippen MR) is 125 cm³/mol. The van der Waals surface area contributed by atoms with Gasteiger partial charge in [-0.05, 0) is 45.8 Å². The van der Waals surface area contributed by atoms with Gasteiger partial charge >= 0.3 is 0 Å². The first-order valence-corrected chi connectivity index (χ1v) is 11.8. The van der Waals surface area contributed by atoms with Crippen molar-refractivity contribution in [3.8, 4) is 5.75 Å². The summed E-state index contributed by atoms with van der Waals surface area (Å²) in [5.41, 5.74) is 0.513. The second-order valence-corrected chi connectivity index (χ2v) is 9.55. The average molecular weight is 511 g/mol. The molecule has 0 fully saturated rings. The van der Waals surface area contributed by atoms with Crippen LogP contribution in [-0.2, 0) is 16.6 Å². The molecule has 0 spiro atoms. The Kier molecular flexibility index (Phi) is 4.83. The predicted octanol–water partition coefficient (Wildman–Crippen LogP) is 3.47. The van der Waals surface area contributed by atoms with E-state index in [1.807, 2.05) is 30.3 Å². The Balaban J connectivity index is 1.78. The molecular formula is C22H15BrN4O4S. The van der Waals surface area contributed by atoms with Crippen molar-refractivity contribution in [3.63, 3.8) is 0 Å². The monoisotopic (exact) mass is 510 g/mol. The zero-order valence-corrected chi connectivity index (χ0v) is 18.8. The molecule has 0 saturated carbocycles. The fourth-order valence-corrected chi connectivity index (χ4v) is 5.39. The van der Waals surface area contributed by atoms with E-state index in [-0.39, 0.29) is 39.9 Å². The van der Waals surface area contributed by atoms with Crippen LogP contribution in [-0.4, -0.2) is 28.9 Å². The number of anilines is 1. The van der Waals surface area contributed by atoms with E-state index in [1.165, 1.54) is 16.8 Å². The van der Waals surface area contributed by atoms with Crippen molar-refractivity contribution < 1.29 is 13.5 Å². The molecule has 3 heterocycles. The molecule has 10 heteroatoms. The first kappa shape index (κ1) is 20.4. The number of benzene rings is 2. The maximum Gasteiger partial charge on any atom is 0.286 e. The molecule has 0 radical (unpaired) electrons. The lowest BCUT2D eigenvalue weighted by molar-refractivity contribution is 0.477. The van der Waals surface area contributed by atoms with Crippen LogP contribution in [0.4, 0.5) is 5.69 Å². The summed E-state index contributed by atoms with van der Waals surface area (Å²) in [6, 6.07) is 17.2. The number of sulfonamides is 1. The van der Waals surface area contributed by atoms with Crippen LogP contribution < -0.4 is 10.9 Å². The number of aromatic hydroxyl groups is 1. The molecule has 2 aromatic carbocycles. The van der Waals surface area contributed by atoms with Gasteiger partial charge in [0.25, 0.3) is 15.6 Å². The van der Waals surface area contributed by atoms with Crippen molar-refractivity contribution in [1.82, 2.24) is 9.55 Å². The highest BCUT2D eigenvalue weighted by atomic mass is 79.9. The second kappa shape index (κ2) is 7.57. The molecule has 1 aliphatic heterocycles. The summed E-state index contributed by atoms with van der Waals surface area (Å²) in [4.78, 5) is 17.8. The number of halogens is 1. The maximum absolute atomic E-state index is 13.6. The molecule has 5 rings (SSSR count). The van der Waals surface area contributed by atoms with Crippen LogP contribution in [0, 0.1) is 0 Å². The Morgan fingerprint density at radius 3 is 2.59 bits per heavy atom. The molecule has 0 bridgehead atoms. The van der Waals surface area contributed by atoms with Crippen molar-refractivity contribution in [2.24, 2.45) is 4.40 Å². The smallest absolute Gasteiger partial charge is 0.286 e. The first-order valence-electron chi connectivity index (χ1n) is 9.52. The fourth-order valence-electron chi connectivity index (χ4n) is 3.65.